The van der Waals surface area contributed by atoms with Gasteiger partial charge in [0.25, 0.3) is 0 Å². The highest BCUT2D eigenvalue weighted by molar-refractivity contribution is 5.35. The van der Waals surface area contributed by atoms with E-state index in [0.717, 1.165) is 18.9 Å². The molecule has 0 aliphatic heterocycles. The SMILES string of the molecule is FC1=CC(F)=CC(F)(C2CCC2)[CH]1. The van der Waals surface area contributed by atoms with Crippen LogP contribution in [0.5, 0.6) is 0 Å². The largest absolute Gasteiger partial charge is 0.238 e. The predicted octanol–water partition coefficient (Wildman–Crippen LogP) is 3.42. The van der Waals surface area contributed by atoms with Gasteiger partial charge >= 0.3 is 0 Å². The van der Waals surface area contributed by atoms with Crippen molar-refractivity contribution in [3.05, 3.63) is 30.2 Å². The highest BCUT2D eigenvalue weighted by Crippen LogP contribution is 2.45. The molecule has 0 spiro atoms. The van der Waals surface area contributed by atoms with Crippen LogP contribution in [0.25, 0.3) is 0 Å². The summed E-state index contributed by atoms with van der Waals surface area (Å²) >= 11 is 0. The van der Waals surface area contributed by atoms with Crippen molar-refractivity contribution >= 4 is 0 Å². The van der Waals surface area contributed by atoms with E-state index in [2.05, 4.69) is 0 Å². The highest BCUT2D eigenvalue weighted by Gasteiger charge is 2.43. The van der Waals surface area contributed by atoms with Crippen LogP contribution in [0.4, 0.5) is 13.2 Å². The summed E-state index contributed by atoms with van der Waals surface area (Å²) in [5.74, 6) is -1.86. The summed E-state index contributed by atoms with van der Waals surface area (Å²) in [4.78, 5) is 0. The van der Waals surface area contributed by atoms with Crippen molar-refractivity contribution in [2.24, 2.45) is 5.92 Å². The minimum atomic E-state index is -1.89. The molecule has 0 aromatic heterocycles. The van der Waals surface area contributed by atoms with Gasteiger partial charge in [-0.25, -0.2) is 13.2 Å². The molecule has 0 aromatic carbocycles. The van der Waals surface area contributed by atoms with E-state index in [9.17, 15) is 13.2 Å². The lowest BCUT2D eigenvalue weighted by Crippen LogP contribution is -2.37. The summed E-state index contributed by atoms with van der Waals surface area (Å²) in [6.07, 6.45) is 4.83. The number of rotatable bonds is 1. The topological polar surface area (TPSA) is 0 Å². The van der Waals surface area contributed by atoms with Crippen molar-refractivity contribution in [1.82, 2.24) is 0 Å². The molecule has 2 rings (SSSR count). The Kier molecular flexibility index (Phi) is 1.97. The van der Waals surface area contributed by atoms with E-state index < -0.39 is 17.3 Å². The normalized spacial score (nSPS) is 35.0. The van der Waals surface area contributed by atoms with E-state index in [4.69, 9.17) is 0 Å². The molecule has 0 saturated heterocycles. The van der Waals surface area contributed by atoms with Gasteiger partial charge in [-0.1, -0.05) is 6.42 Å². The fourth-order valence-electron chi connectivity index (χ4n) is 1.77. The lowest BCUT2D eigenvalue weighted by molar-refractivity contribution is 0.102. The van der Waals surface area contributed by atoms with Crippen molar-refractivity contribution in [3.8, 4) is 0 Å². The Balaban J connectivity index is 2.20. The molecule has 1 radical (unpaired) electrons. The summed E-state index contributed by atoms with van der Waals surface area (Å²) in [6.45, 7) is 0. The van der Waals surface area contributed by atoms with Crippen LogP contribution in [0.2, 0.25) is 0 Å². The third kappa shape index (κ3) is 1.52. The summed E-state index contributed by atoms with van der Waals surface area (Å²) in [6, 6.07) is 0. The summed E-state index contributed by atoms with van der Waals surface area (Å²) in [7, 11) is 0. The number of allylic oxidation sites excluding steroid dienone is 4. The maximum Gasteiger partial charge on any atom is 0.144 e. The first-order chi connectivity index (χ1) is 6.10. The molecule has 0 nitrogen and oxygen atoms in total. The van der Waals surface area contributed by atoms with Crippen LogP contribution in [0.15, 0.2) is 23.8 Å². The van der Waals surface area contributed by atoms with Crippen LogP contribution < -0.4 is 0 Å². The Labute approximate surface area is 75.1 Å². The molecule has 3 heteroatoms. The lowest BCUT2D eigenvalue weighted by Gasteiger charge is -2.37. The molecular weight excluding hydrogens is 177 g/mol. The van der Waals surface area contributed by atoms with Gasteiger partial charge in [-0.15, -0.1) is 0 Å². The molecule has 0 heterocycles. The number of hydrogen-bond donors (Lipinski definition) is 0. The van der Waals surface area contributed by atoms with Gasteiger partial charge in [-0.05, 0) is 24.8 Å². The van der Waals surface area contributed by atoms with Gasteiger partial charge in [0.1, 0.15) is 17.3 Å². The molecule has 2 aliphatic rings. The smallest absolute Gasteiger partial charge is 0.144 e. The second-order valence-electron chi connectivity index (χ2n) is 3.66. The fourth-order valence-corrected chi connectivity index (χ4v) is 1.77. The van der Waals surface area contributed by atoms with Crippen LogP contribution in [0, 0.1) is 12.3 Å². The number of hydrogen-bond acceptors (Lipinski definition) is 0. The van der Waals surface area contributed by atoms with Crippen LogP contribution in [-0.4, -0.2) is 5.67 Å². The van der Waals surface area contributed by atoms with Gasteiger partial charge < -0.3 is 0 Å². The predicted molar refractivity (Wildman–Crippen MR) is 43.9 cm³/mol. The first kappa shape index (κ1) is 8.85. The van der Waals surface area contributed by atoms with E-state index in [0.29, 0.717) is 18.9 Å². The van der Waals surface area contributed by atoms with E-state index in [1.165, 1.54) is 0 Å². The third-order valence-electron chi connectivity index (χ3n) is 2.72. The molecule has 0 N–H and O–H groups in total. The Morgan fingerprint density at radius 3 is 2.38 bits per heavy atom. The average Bonchev–Trinajstić information content (AvgIpc) is 1.75. The molecule has 1 saturated carbocycles. The zero-order chi connectivity index (χ0) is 9.47. The first-order valence-electron chi connectivity index (χ1n) is 4.40. The Morgan fingerprint density at radius 1 is 1.23 bits per heavy atom. The fraction of sp³-hybridized carbons (Fsp3) is 0.500. The van der Waals surface area contributed by atoms with Crippen molar-refractivity contribution in [1.29, 1.82) is 0 Å². The van der Waals surface area contributed by atoms with E-state index in [1.807, 2.05) is 0 Å². The van der Waals surface area contributed by atoms with Gasteiger partial charge in [-0.2, -0.15) is 0 Å². The zero-order valence-electron chi connectivity index (χ0n) is 7.06. The van der Waals surface area contributed by atoms with Gasteiger partial charge in [0.05, 0.1) is 6.42 Å². The summed E-state index contributed by atoms with van der Waals surface area (Å²) in [5.41, 5.74) is -1.89. The van der Waals surface area contributed by atoms with Crippen LogP contribution in [0.1, 0.15) is 19.3 Å². The maximum absolute atomic E-state index is 13.9. The van der Waals surface area contributed by atoms with Gasteiger partial charge in [0, 0.05) is 6.08 Å². The molecule has 0 bridgehead atoms. The lowest BCUT2D eigenvalue weighted by atomic mass is 9.71. The second-order valence-corrected chi connectivity index (χ2v) is 3.66. The maximum atomic E-state index is 13.9. The molecule has 71 valence electrons. The Bertz CT molecular complexity index is 276. The van der Waals surface area contributed by atoms with Gasteiger partial charge in [-0.3, -0.25) is 0 Å². The third-order valence-corrected chi connectivity index (χ3v) is 2.72. The van der Waals surface area contributed by atoms with Crippen LogP contribution >= 0.6 is 0 Å². The van der Waals surface area contributed by atoms with Crippen molar-refractivity contribution in [3.63, 3.8) is 0 Å². The van der Waals surface area contributed by atoms with Crippen LogP contribution in [-0.2, 0) is 0 Å². The van der Waals surface area contributed by atoms with Crippen molar-refractivity contribution < 1.29 is 13.2 Å². The average molecular weight is 187 g/mol. The minimum absolute atomic E-state index is 0.238. The van der Waals surface area contributed by atoms with E-state index in [-0.39, 0.29) is 5.92 Å². The molecule has 1 atom stereocenters. The molecule has 0 amide bonds. The monoisotopic (exact) mass is 187 g/mol. The minimum Gasteiger partial charge on any atom is -0.238 e. The highest BCUT2D eigenvalue weighted by atomic mass is 19.2. The molecule has 2 aliphatic carbocycles. The second kappa shape index (κ2) is 2.89. The molecule has 1 unspecified atom stereocenters. The summed E-state index contributed by atoms with van der Waals surface area (Å²) in [5, 5.41) is 0. The van der Waals surface area contributed by atoms with E-state index in [1.54, 1.807) is 0 Å². The Morgan fingerprint density at radius 2 is 1.92 bits per heavy atom. The molecule has 1 fully saturated rings. The van der Waals surface area contributed by atoms with Gasteiger partial charge in [0.2, 0.25) is 0 Å². The standard InChI is InChI=1S/C10H10F3/c11-8-4-9(12)6-10(13,5-8)7-2-1-3-7/h4-7H,1-3H2. The van der Waals surface area contributed by atoms with Crippen LogP contribution in [0.3, 0.4) is 0 Å². The van der Waals surface area contributed by atoms with Crippen molar-refractivity contribution in [2.45, 2.75) is 24.9 Å². The number of halogens is 3. The Hall–Kier alpha value is -0.730. The number of alkyl halides is 1. The van der Waals surface area contributed by atoms with E-state index >= 15 is 0 Å². The molecule has 13 heavy (non-hydrogen) atoms. The molecular formula is C10H10F3. The summed E-state index contributed by atoms with van der Waals surface area (Å²) < 4.78 is 39.3. The first-order valence-corrected chi connectivity index (χ1v) is 4.40. The van der Waals surface area contributed by atoms with Gasteiger partial charge in [0.15, 0.2) is 0 Å². The quantitative estimate of drug-likeness (QED) is 0.590. The molecule has 0 aromatic rings. The zero-order valence-corrected chi connectivity index (χ0v) is 7.06. The van der Waals surface area contributed by atoms with Crippen molar-refractivity contribution in [2.75, 3.05) is 0 Å².